The third-order valence-electron chi connectivity index (χ3n) is 5.49. The molecule has 2 N–H and O–H groups in total. The highest BCUT2D eigenvalue weighted by molar-refractivity contribution is 6.39. The lowest BCUT2D eigenvalue weighted by Crippen LogP contribution is -2.44. The second-order valence-electron chi connectivity index (χ2n) is 8.11. The number of nitrogens with one attached hydrogen (secondary N) is 2. The summed E-state index contributed by atoms with van der Waals surface area (Å²) < 4.78 is 1.39. The molecule has 0 saturated carbocycles. The van der Waals surface area contributed by atoms with Gasteiger partial charge in [0.25, 0.3) is 11.5 Å². The molecule has 2 aromatic rings. The number of likely N-dealkylation sites (tertiary alicyclic amines) is 1. The molecular weight excluding hydrogens is 396 g/mol. The van der Waals surface area contributed by atoms with E-state index in [0.717, 1.165) is 11.1 Å². The number of pyridine rings is 1. The van der Waals surface area contributed by atoms with Gasteiger partial charge >= 0.3 is 11.8 Å². The number of aryl methyl sites for hydroxylation is 3. The molecule has 1 aromatic carbocycles. The first kappa shape index (κ1) is 22.3. The monoisotopic (exact) mass is 424 g/mol. The molecule has 1 aliphatic rings. The van der Waals surface area contributed by atoms with Crippen LogP contribution in [0, 0.1) is 19.8 Å². The van der Waals surface area contributed by atoms with Crippen molar-refractivity contribution < 1.29 is 14.4 Å². The van der Waals surface area contributed by atoms with E-state index < -0.39 is 11.8 Å². The van der Waals surface area contributed by atoms with Gasteiger partial charge in [-0.2, -0.15) is 0 Å². The van der Waals surface area contributed by atoms with Gasteiger partial charge in [-0.1, -0.05) is 6.07 Å². The van der Waals surface area contributed by atoms with E-state index in [1.807, 2.05) is 32.0 Å². The minimum Gasteiger partial charge on any atom is -0.348 e. The summed E-state index contributed by atoms with van der Waals surface area (Å²) in [6.45, 7) is 5.23. The minimum atomic E-state index is -0.697. The molecule has 1 aromatic heterocycles. The number of piperidine rings is 1. The standard InChI is InChI=1S/C23H28N4O4/c1-15-11-16(2)13-18(12-15)25-21(29)20(28)24-14-17-6-9-27(10-7-17)23(31)19-5-4-8-26(3)22(19)30/h4-5,8,11-13,17H,6-7,9-10,14H2,1-3H3,(H,24,28)(H,25,29). The summed E-state index contributed by atoms with van der Waals surface area (Å²) in [5.74, 6) is -1.47. The van der Waals surface area contributed by atoms with E-state index in [4.69, 9.17) is 0 Å². The Labute approximate surface area is 181 Å². The van der Waals surface area contributed by atoms with Crippen LogP contribution in [0.25, 0.3) is 0 Å². The maximum atomic E-state index is 12.6. The van der Waals surface area contributed by atoms with Gasteiger partial charge in [0.2, 0.25) is 0 Å². The molecule has 31 heavy (non-hydrogen) atoms. The molecule has 2 heterocycles. The zero-order chi connectivity index (χ0) is 22.5. The fraction of sp³-hybridized carbons (Fsp3) is 0.391. The van der Waals surface area contributed by atoms with E-state index in [-0.39, 0.29) is 22.9 Å². The second kappa shape index (κ2) is 9.59. The first-order valence-electron chi connectivity index (χ1n) is 10.4. The third-order valence-corrected chi connectivity index (χ3v) is 5.49. The summed E-state index contributed by atoms with van der Waals surface area (Å²) in [6.07, 6.45) is 3.00. The topological polar surface area (TPSA) is 101 Å². The molecule has 1 saturated heterocycles. The number of hydrogen-bond donors (Lipinski definition) is 2. The average molecular weight is 425 g/mol. The van der Waals surface area contributed by atoms with Gasteiger partial charge in [-0.05, 0) is 68.0 Å². The van der Waals surface area contributed by atoms with Crippen molar-refractivity contribution in [3.8, 4) is 0 Å². The van der Waals surface area contributed by atoms with Gasteiger partial charge in [-0.3, -0.25) is 19.2 Å². The van der Waals surface area contributed by atoms with Crippen molar-refractivity contribution in [1.82, 2.24) is 14.8 Å². The van der Waals surface area contributed by atoms with Gasteiger partial charge in [0.05, 0.1) is 0 Å². The van der Waals surface area contributed by atoms with Crippen LogP contribution in [0.15, 0.2) is 41.3 Å². The first-order valence-corrected chi connectivity index (χ1v) is 10.4. The molecule has 3 rings (SSSR count). The van der Waals surface area contributed by atoms with Crippen LogP contribution in [0.3, 0.4) is 0 Å². The number of hydrogen-bond acceptors (Lipinski definition) is 4. The maximum Gasteiger partial charge on any atom is 0.313 e. The Morgan fingerprint density at radius 2 is 1.68 bits per heavy atom. The molecule has 0 atom stereocenters. The fourth-order valence-electron chi connectivity index (χ4n) is 3.82. The summed E-state index contributed by atoms with van der Waals surface area (Å²) >= 11 is 0. The molecule has 0 spiro atoms. The summed E-state index contributed by atoms with van der Waals surface area (Å²) in [5, 5.41) is 5.31. The number of nitrogens with zero attached hydrogens (tertiary/aromatic N) is 2. The first-order chi connectivity index (χ1) is 14.7. The van der Waals surface area contributed by atoms with E-state index in [1.54, 1.807) is 30.3 Å². The number of carbonyl (C=O) groups is 3. The van der Waals surface area contributed by atoms with Gasteiger partial charge in [0.15, 0.2) is 0 Å². The van der Waals surface area contributed by atoms with E-state index in [1.165, 1.54) is 4.57 Å². The van der Waals surface area contributed by atoms with E-state index in [0.29, 0.717) is 38.2 Å². The molecule has 3 amide bonds. The lowest BCUT2D eigenvalue weighted by molar-refractivity contribution is -0.136. The highest BCUT2D eigenvalue weighted by atomic mass is 16.2. The number of carbonyl (C=O) groups excluding carboxylic acids is 3. The van der Waals surface area contributed by atoms with Gasteiger partial charge in [0, 0.05) is 38.6 Å². The van der Waals surface area contributed by atoms with E-state index in [9.17, 15) is 19.2 Å². The number of anilines is 1. The summed E-state index contributed by atoms with van der Waals surface area (Å²) in [6, 6.07) is 8.84. The molecule has 1 fully saturated rings. The Kier molecular flexibility index (Phi) is 6.89. The molecule has 0 bridgehead atoms. The van der Waals surface area contributed by atoms with Gasteiger partial charge < -0.3 is 20.1 Å². The highest BCUT2D eigenvalue weighted by Crippen LogP contribution is 2.18. The van der Waals surface area contributed by atoms with Crippen molar-refractivity contribution in [2.75, 3.05) is 25.0 Å². The predicted molar refractivity (Wildman–Crippen MR) is 118 cm³/mol. The van der Waals surface area contributed by atoms with Crippen molar-refractivity contribution in [2.45, 2.75) is 26.7 Å². The molecular formula is C23H28N4O4. The van der Waals surface area contributed by atoms with Crippen molar-refractivity contribution in [2.24, 2.45) is 13.0 Å². The summed E-state index contributed by atoms with van der Waals surface area (Å²) in [7, 11) is 1.62. The minimum absolute atomic E-state index is 0.166. The smallest absolute Gasteiger partial charge is 0.313 e. The van der Waals surface area contributed by atoms with Gasteiger partial charge in [-0.15, -0.1) is 0 Å². The van der Waals surface area contributed by atoms with Crippen LogP contribution in [0.5, 0.6) is 0 Å². The van der Waals surface area contributed by atoms with Crippen LogP contribution in [0.1, 0.15) is 34.3 Å². The molecule has 8 heteroatoms. The summed E-state index contributed by atoms with van der Waals surface area (Å²) in [5.41, 5.74) is 2.46. The van der Waals surface area contributed by atoms with Crippen LogP contribution in [0.2, 0.25) is 0 Å². The van der Waals surface area contributed by atoms with Gasteiger partial charge in [-0.25, -0.2) is 0 Å². The van der Waals surface area contributed by atoms with Crippen molar-refractivity contribution >= 4 is 23.4 Å². The third kappa shape index (κ3) is 5.59. The Balaban J connectivity index is 1.47. The Bertz CT molecular complexity index is 1030. The van der Waals surface area contributed by atoms with Crippen LogP contribution < -0.4 is 16.2 Å². The van der Waals surface area contributed by atoms with Crippen LogP contribution >= 0.6 is 0 Å². The molecule has 1 aliphatic heterocycles. The number of aromatic nitrogens is 1. The maximum absolute atomic E-state index is 12.6. The van der Waals surface area contributed by atoms with Crippen LogP contribution in [0.4, 0.5) is 5.69 Å². The number of rotatable bonds is 4. The lowest BCUT2D eigenvalue weighted by Gasteiger charge is -2.32. The zero-order valence-electron chi connectivity index (χ0n) is 18.1. The molecule has 8 nitrogen and oxygen atoms in total. The average Bonchev–Trinajstić information content (AvgIpc) is 2.73. The molecule has 0 radical (unpaired) electrons. The molecule has 0 aliphatic carbocycles. The largest absolute Gasteiger partial charge is 0.348 e. The second-order valence-corrected chi connectivity index (χ2v) is 8.11. The van der Waals surface area contributed by atoms with Crippen molar-refractivity contribution in [3.63, 3.8) is 0 Å². The fourth-order valence-corrected chi connectivity index (χ4v) is 3.82. The van der Waals surface area contributed by atoms with Crippen molar-refractivity contribution in [3.05, 3.63) is 63.6 Å². The SMILES string of the molecule is Cc1cc(C)cc(NC(=O)C(=O)NCC2CCN(C(=O)c3cccn(C)c3=O)CC2)c1. The lowest BCUT2D eigenvalue weighted by atomic mass is 9.96. The van der Waals surface area contributed by atoms with Crippen LogP contribution in [-0.4, -0.2) is 46.8 Å². The van der Waals surface area contributed by atoms with E-state index >= 15 is 0 Å². The zero-order valence-corrected chi connectivity index (χ0v) is 18.1. The number of benzene rings is 1. The quantitative estimate of drug-likeness (QED) is 0.728. The molecule has 0 unspecified atom stereocenters. The van der Waals surface area contributed by atoms with Crippen LogP contribution in [-0.2, 0) is 16.6 Å². The Hall–Kier alpha value is -3.42. The van der Waals surface area contributed by atoms with Crippen molar-refractivity contribution in [1.29, 1.82) is 0 Å². The highest BCUT2D eigenvalue weighted by Gasteiger charge is 2.26. The predicted octanol–water partition coefficient (Wildman–Crippen LogP) is 1.61. The normalized spacial score (nSPS) is 14.2. The Morgan fingerprint density at radius 1 is 1.03 bits per heavy atom. The Morgan fingerprint density at radius 3 is 2.32 bits per heavy atom. The van der Waals surface area contributed by atoms with E-state index in [2.05, 4.69) is 10.6 Å². The molecule has 164 valence electrons. The van der Waals surface area contributed by atoms with Gasteiger partial charge in [0.1, 0.15) is 5.56 Å². The number of amides is 3. The summed E-state index contributed by atoms with van der Waals surface area (Å²) in [4.78, 5) is 50.8.